The smallest absolute Gasteiger partial charge is 0.201 e. The first-order valence-corrected chi connectivity index (χ1v) is 14.2. The molecule has 0 saturated heterocycles. The maximum atomic E-state index is 13.8. The number of ketones is 1. The predicted octanol–water partition coefficient (Wildman–Crippen LogP) is 8.62. The van der Waals surface area contributed by atoms with Crippen LogP contribution in [0.4, 0.5) is 0 Å². The van der Waals surface area contributed by atoms with Gasteiger partial charge in [-0.2, -0.15) is 0 Å². The van der Waals surface area contributed by atoms with Gasteiger partial charge >= 0.3 is 0 Å². The van der Waals surface area contributed by atoms with Crippen molar-refractivity contribution in [3.8, 4) is 0 Å². The fraction of sp³-hybridized carbons (Fsp3) is 0.559. The minimum absolute atomic E-state index is 0.0536. The Balaban J connectivity index is 1.53. The molecule has 192 valence electrons. The molecule has 0 spiro atoms. The molecule has 0 aromatic heterocycles. The van der Waals surface area contributed by atoms with E-state index in [0.717, 1.165) is 17.1 Å². The molecule has 5 rings (SSSR count). The summed E-state index contributed by atoms with van der Waals surface area (Å²) in [6.07, 6.45) is 14.9. The molecule has 0 aromatic rings. The molecule has 1 fully saturated rings. The van der Waals surface area contributed by atoms with Crippen molar-refractivity contribution in [3.63, 3.8) is 0 Å². The predicted molar refractivity (Wildman–Crippen MR) is 149 cm³/mol. The molecule has 0 amide bonds. The molecule has 0 aromatic carbocycles. The lowest BCUT2D eigenvalue weighted by molar-refractivity contribution is -0.113. The van der Waals surface area contributed by atoms with E-state index in [1.54, 1.807) is 0 Å². The number of rotatable bonds is 3. The first-order chi connectivity index (χ1) is 17.0. The summed E-state index contributed by atoms with van der Waals surface area (Å²) in [4.78, 5) is 13.8. The normalized spacial score (nSPS) is 36.5. The van der Waals surface area contributed by atoms with E-state index in [1.165, 1.54) is 41.6 Å². The van der Waals surface area contributed by atoms with E-state index in [9.17, 15) is 9.90 Å². The number of fused-ring (bicyclic) bond motifs is 2. The molecule has 36 heavy (non-hydrogen) atoms. The summed E-state index contributed by atoms with van der Waals surface area (Å²) in [5, 5.41) is 11.5. The van der Waals surface area contributed by atoms with Crippen LogP contribution in [0.2, 0.25) is 0 Å². The number of carbonyl (C=O) groups is 1. The van der Waals surface area contributed by atoms with Crippen molar-refractivity contribution in [1.82, 2.24) is 0 Å². The van der Waals surface area contributed by atoms with Gasteiger partial charge in [-0.3, -0.25) is 4.79 Å². The molecular formula is C34H44O2. The highest BCUT2D eigenvalue weighted by molar-refractivity contribution is 6.22. The van der Waals surface area contributed by atoms with Crippen molar-refractivity contribution in [2.45, 2.75) is 74.7 Å². The van der Waals surface area contributed by atoms with E-state index >= 15 is 0 Å². The molecule has 6 atom stereocenters. The maximum Gasteiger partial charge on any atom is 0.201 e. The average molecular weight is 485 g/mol. The van der Waals surface area contributed by atoms with E-state index in [2.05, 4.69) is 85.8 Å². The number of hydrogen-bond acceptors (Lipinski definition) is 2. The van der Waals surface area contributed by atoms with Gasteiger partial charge in [0.2, 0.25) is 5.78 Å². The standard InChI is InChI=1S/C34H44O2/c1-17(2)23-11-9-19(5)29-25(15-23)21(7)13-27(29)31-33(35)32(34(31)36)28-14-22(8)26-16-24(18(3)4)12-10-20(6)30(26)28/h9,11,13-15,17-18,20-21,24,26,29-30,35H,10,12,16H2,1-8H3/b32-28-. The average Bonchev–Trinajstić information content (AvgIpc) is 3.11. The topological polar surface area (TPSA) is 37.3 Å². The quantitative estimate of drug-likeness (QED) is 0.407. The Labute approximate surface area is 218 Å². The highest BCUT2D eigenvalue weighted by Crippen LogP contribution is 2.54. The van der Waals surface area contributed by atoms with Crippen molar-refractivity contribution in [1.29, 1.82) is 0 Å². The van der Waals surface area contributed by atoms with Gasteiger partial charge in [-0.15, -0.1) is 0 Å². The minimum Gasteiger partial charge on any atom is -0.506 e. The van der Waals surface area contributed by atoms with E-state index < -0.39 is 0 Å². The number of allylic oxidation sites excluding steroid dienone is 13. The van der Waals surface area contributed by atoms with Gasteiger partial charge < -0.3 is 5.11 Å². The summed E-state index contributed by atoms with van der Waals surface area (Å²) in [5.41, 5.74) is 8.60. The highest BCUT2D eigenvalue weighted by Gasteiger charge is 2.48. The molecule has 0 aliphatic heterocycles. The Hall–Kier alpha value is -2.35. The third kappa shape index (κ3) is 3.87. The fourth-order valence-electron chi connectivity index (χ4n) is 7.65. The molecule has 2 heteroatoms. The Morgan fingerprint density at radius 3 is 2.31 bits per heavy atom. The summed E-state index contributed by atoms with van der Waals surface area (Å²) in [6, 6.07) is 0. The lowest BCUT2D eigenvalue weighted by Crippen LogP contribution is -2.30. The number of Topliss-reactive ketones (excluding diaryl/α,β-unsaturated/α-hetero) is 1. The van der Waals surface area contributed by atoms with Gasteiger partial charge in [0.15, 0.2) is 0 Å². The van der Waals surface area contributed by atoms with Crippen molar-refractivity contribution < 1.29 is 9.90 Å². The Kier molecular flexibility index (Phi) is 6.46. The molecular weight excluding hydrogens is 440 g/mol. The Morgan fingerprint density at radius 2 is 1.67 bits per heavy atom. The molecule has 5 aliphatic carbocycles. The molecule has 0 bridgehead atoms. The van der Waals surface area contributed by atoms with Crippen LogP contribution in [0.15, 0.2) is 80.7 Å². The van der Waals surface area contributed by atoms with Crippen LogP contribution in [0.1, 0.15) is 74.7 Å². The van der Waals surface area contributed by atoms with Crippen molar-refractivity contribution in [2.24, 2.45) is 47.3 Å². The first kappa shape index (κ1) is 25.3. The fourth-order valence-corrected chi connectivity index (χ4v) is 7.65. The largest absolute Gasteiger partial charge is 0.506 e. The van der Waals surface area contributed by atoms with Crippen LogP contribution in [-0.4, -0.2) is 10.9 Å². The van der Waals surface area contributed by atoms with E-state index in [-0.39, 0.29) is 23.4 Å². The van der Waals surface area contributed by atoms with Crippen LogP contribution >= 0.6 is 0 Å². The molecule has 6 unspecified atom stereocenters. The summed E-state index contributed by atoms with van der Waals surface area (Å²) < 4.78 is 0. The Morgan fingerprint density at radius 1 is 0.944 bits per heavy atom. The van der Waals surface area contributed by atoms with Crippen molar-refractivity contribution in [2.75, 3.05) is 0 Å². The third-order valence-electron chi connectivity index (χ3n) is 9.96. The van der Waals surface area contributed by atoms with Crippen LogP contribution < -0.4 is 0 Å². The summed E-state index contributed by atoms with van der Waals surface area (Å²) in [6.45, 7) is 18.1. The lowest BCUT2D eigenvalue weighted by atomic mass is 9.71. The second-order valence-electron chi connectivity index (χ2n) is 12.9. The molecule has 0 radical (unpaired) electrons. The second-order valence-corrected chi connectivity index (χ2v) is 12.9. The molecule has 0 heterocycles. The zero-order valence-corrected chi connectivity index (χ0v) is 23.5. The summed E-state index contributed by atoms with van der Waals surface area (Å²) in [7, 11) is 0. The molecule has 1 N–H and O–H groups in total. The number of hydrogen-bond donors (Lipinski definition) is 1. The molecule has 1 saturated carbocycles. The zero-order chi connectivity index (χ0) is 26.0. The van der Waals surface area contributed by atoms with Crippen LogP contribution in [0.5, 0.6) is 0 Å². The van der Waals surface area contributed by atoms with E-state index in [0.29, 0.717) is 40.7 Å². The zero-order valence-electron chi connectivity index (χ0n) is 23.5. The first-order valence-electron chi connectivity index (χ1n) is 14.2. The van der Waals surface area contributed by atoms with Crippen molar-refractivity contribution >= 4 is 5.78 Å². The number of aliphatic hydroxyl groups is 1. The SMILES string of the molecule is CC1=CC=C(C(C)C)C=C2C(C)C=C(C3=C(O)/C(=C4\C=C(C)C5CC(C(C)C)CCC(C)C45)C3=O)C12. The van der Waals surface area contributed by atoms with Gasteiger partial charge in [0.1, 0.15) is 5.76 Å². The monoisotopic (exact) mass is 484 g/mol. The summed E-state index contributed by atoms with van der Waals surface area (Å²) >= 11 is 0. The number of carbonyl (C=O) groups excluding carboxylic acids is 1. The van der Waals surface area contributed by atoms with Gasteiger partial charge in [-0.1, -0.05) is 88.6 Å². The second kappa shape index (κ2) is 9.19. The third-order valence-corrected chi connectivity index (χ3v) is 9.96. The van der Waals surface area contributed by atoms with Crippen LogP contribution in [0.3, 0.4) is 0 Å². The van der Waals surface area contributed by atoms with E-state index in [1.807, 2.05) is 0 Å². The van der Waals surface area contributed by atoms with Crippen molar-refractivity contribution in [3.05, 3.63) is 80.7 Å². The minimum atomic E-state index is 0.0536. The van der Waals surface area contributed by atoms with Gasteiger partial charge in [0.25, 0.3) is 0 Å². The van der Waals surface area contributed by atoms with Crippen LogP contribution in [-0.2, 0) is 4.79 Å². The summed E-state index contributed by atoms with van der Waals surface area (Å²) in [5.74, 6) is 3.87. The van der Waals surface area contributed by atoms with Gasteiger partial charge in [0.05, 0.1) is 11.1 Å². The molecule has 2 nitrogen and oxygen atoms in total. The van der Waals surface area contributed by atoms with E-state index in [4.69, 9.17) is 0 Å². The van der Waals surface area contributed by atoms with Gasteiger partial charge in [0, 0.05) is 5.92 Å². The van der Waals surface area contributed by atoms with Crippen LogP contribution in [0.25, 0.3) is 0 Å². The van der Waals surface area contributed by atoms with Gasteiger partial charge in [-0.25, -0.2) is 0 Å². The highest BCUT2D eigenvalue weighted by atomic mass is 16.3. The van der Waals surface area contributed by atoms with Crippen LogP contribution in [0, 0.1) is 47.3 Å². The maximum absolute atomic E-state index is 13.8. The lowest BCUT2D eigenvalue weighted by Gasteiger charge is -2.32. The molecule has 5 aliphatic rings. The Bertz CT molecular complexity index is 1210. The number of aliphatic hydroxyl groups excluding tert-OH is 1. The van der Waals surface area contributed by atoms with Gasteiger partial charge in [-0.05, 0) is 91.3 Å².